The third-order valence-electron chi connectivity index (χ3n) is 5.01. The van der Waals surface area contributed by atoms with E-state index in [1.54, 1.807) is 4.57 Å². The summed E-state index contributed by atoms with van der Waals surface area (Å²) in [6.07, 6.45) is 3.48. The van der Waals surface area contributed by atoms with E-state index in [9.17, 15) is 27.3 Å². The lowest BCUT2D eigenvalue weighted by molar-refractivity contribution is -0.384. The normalized spacial score (nSPS) is 14.0. The molecule has 2 aromatic carbocycles. The van der Waals surface area contributed by atoms with Gasteiger partial charge >= 0.3 is 0 Å². The Labute approximate surface area is 175 Å². The minimum Gasteiger partial charge on any atom is -0.311 e. The second-order valence-corrected chi connectivity index (χ2v) is 8.75. The van der Waals surface area contributed by atoms with E-state index in [4.69, 9.17) is 0 Å². The molecule has 0 saturated heterocycles. The molecule has 3 aromatic rings. The van der Waals surface area contributed by atoms with Crippen LogP contribution in [0.25, 0.3) is 11.4 Å². The van der Waals surface area contributed by atoms with Crippen molar-refractivity contribution in [2.24, 2.45) is 0 Å². The van der Waals surface area contributed by atoms with Gasteiger partial charge in [0.1, 0.15) is 17.5 Å². The Morgan fingerprint density at radius 1 is 1.03 bits per heavy atom. The van der Waals surface area contributed by atoms with E-state index in [1.807, 2.05) is 0 Å². The molecule has 0 unspecified atom stereocenters. The van der Waals surface area contributed by atoms with Crippen molar-refractivity contribution in [3.63, 3.8) is 0 Å². The maximum Gasteiger partial charge on any atom is 0.269 e. The number of aryl methyl sites for hydroxylation is 1. The predicted molar refractivity (Wildman–Crippen MR) is 107 cm³/mol. The summed E-state index contributed by atoms with van der Waals surface area (Å²) in [5.41, 5.74) is -0.842. The van der Waals surface area contributed by atoms with E-state index in [0.29, 0.717) is 24.9 Å². The summed E-state index contributed by atoms with van der Waals surface area (Å²) in [6.45, 7) is 0.582. The van der Waals surface area contributed by atoms with Gasteiger partial charge in [-0.3, -0.25) is 14.8 Å². The number of sulfonamides is 1. The highest BCUT2D eigenvalue weighted by atomic mass is 32.2. The zero-order chi connectivity index (χ0) is 22.2. The number of anilines is 1. The molecule has 4 rings (SSSR count). The summed E-state index contributed by atoms with van der Waals surface area (Å²) in [5, 5.41) is 18.9. The lowest BCUT2D eigenvalue weighted by Gasteiger charge is -2.12. The van der Waals surface area contributed by atoms with Gasteiger partial charge in [-0.2, -0.15) is 0 Å². The van der Waals surface area contributed by atoms with Gasteiger partial charge in [-0.25, -0.2) is 17.2 Å². The maximum atomic E-state index is 14.6. The number of rotatable bonds is 5. The molecular weight excluding hydrogens is 432 g/mol. The Morgan fingerprint density at radius 2 is 1.77 bits per heavy atom. The zero-order valence-electron chi connectivity index (χ0n) is 16.1. The molecule has 1 aliphatic heterocycles. The summed E-state index contributed by atoms with van der Waals surface area (Å²) in [7, 11) is -4.28. The van der Waals surface area contributed by atoms with Crippen LogP contribution in [0.2, 0.25) is 0 Å². The molecule has 1 aromatic heterocycles. The molecule has 1 N–H and O–H groups in total. The van der Waals surface area contributed by atoms with Crippen molar-refractivity contribution >= 4 is 21.4 Å². The summed E-state index contributed by atoms with van der Waals surface area (Å²) >= 11 is 0. The first kappa shape index (κ1) is 20.8. The number of nitrogens with one attached hydrogen (secondary N) is 1. The fraction of sp³-hybridized carbons (Fsp3) is 0.263. The highest BCUT2D eigenvalue weighted by Gasteiger charge is 2.23. The fourth-order valence-electron chi connectivity index (χ4n) is 3.43. The Hall–Kier alpha value is -3.41. The van der Waals surface area contributed by atoms with Crippen LogP contribution in [0.3, 0.4) is 0 Å². The lowest BCUT2D eigenvalue weighted by atomic mass is 10.1. The van der Waals surface area contributed by atoms with Gasteiger partial charge in [0.15, 0.2) is 5.82 Å². The Kier molecular flexibility index (Phi) is 5.39. The van der Waals surface area contributed by atoms with Gasteiger partial charge in [-0.1, -0.05) is 6.42 Å². The van der Waals surface area contributed by atoms with Crippen LogP contribution in [0.5, 0.6) is 0 Å². The van der Waals surface area contributed by atoms with Gasteiger partial charge in [0.05, 0.1) is 21.1 Å². The molecule has 0 radical (unpaired) electrons. The van der Waals surface area contributed by atoms with Crippen LogP contribution in [0.4, 0.5) is 20.2 Å². The summed E-state index contributed by atoms with van der Waals surface area (Å²) < 4.78 is 58.1. The first-order valence-electron chi connectivity index (χ1n) is 9.45. The standard InChI is InChI=1S/C19H17F2N5O4S/c20-15-11-16(21)17(24-31(29,30)13-7-5-12(6-8-13)26(27)28)10-14(15)19-23-22-18-4-2-1-3-9-25(18)19/h5-8,10-11,24H,1-4,9H2. The Bertz CT molecular complexity index is 1260. The number of nitro benzene ring substituents is 1. The molecule has 0 spiro atoms. The van der Waals surface area contributed by atoms with Gasteiger partial charge in [0.2, 0.25) is 0 Å². The molecule has 9 nitrogen and oxygen atoms in total. The number of nitro groups is 1. The first-order chi connectivity index (χ1) is 14.8. The van der Waals surface area contributed by atoms with Gasteiger partial charge in [-0.15, -0.1) is 10.2 Å². The molecule has 0 bridgehead atoms. The molecule has 0 amide bonds. The van der Waals surface area contributed by atoms with E-state index in [1.165, 1.54) is 0 Å². The molecule has 1 aliphatic rings. The van der Waals surface area contributed by atoms with Crippen LogP contribution in [0, 0.1) is 21.7 Å². The molecule has 0 saturated carbocycles. The maximum absolute atomic E-state index is 14.6. The van der Waals surface area contributed by atoms with Crippen molar-refractivity contribution in [3.8, 4) is 11.4 Å². The van der Waals surface area contributed by atoms with E-state index >= 15 is 0 Å². The predicted octanol–water partition coefficient (Wildman–Crippen LogP) is 3.66. The largest absolute Gasteiger partial charge is 0.311 e. The van der Waals surface area contributed by atoms with Crippen LogP contribution < -0.4 is 4.72 Å². The molecule has 0 fully saturated rings. The second-order valence-electron chi connectivity index (χ2n) is 7.07. The Morgan fingerprint density at radius 3 is 2.48 bits per heavy atom. The summed E-state index contributed by atoms with van der Waals surface area (Å²) in [4.78, 5) is 9.77. The molecule has 2 heterocycles. The van der Waals surface area contributed by atoms with Crippen LogP contribution >= 0.6 is 0 Å². The number of aromatic nitrogens is 3. The van der Waals surface area contributed by atoms with Crippen molar-refractivity contribution in [3.05, 3.63) is 64.0 Å². The number of non-ortho nitro benzene ring substituents is 1. The third-order valence-corrected chi connectivity index (χ3v) is 6.39. The smallest absolute Gasteiger partial charge is 0.269 e. The number of halogens is 2. The average Bonchev–Trinajstić information content (AvgIpc) is 2.97. The van der Waals surface area contributed by atoms with E-state index in [0.717, 1.165) is 49.6 Å². The first-order valence-corrected chi connectivity index (χ1v) is 10.9. The minimum atomic E-state index is -4.28. The molecule has 162 valence electrons. The van der Waals surface area contributed by atoms with Crippen LogP contribution in [-0.4, -0.2) is 28.1 Å². The zero-order valence-corrected chi connectivity index (χ0v) is 16.9. The number of fused-ring (bicyclic) bond motifs is 1. The molecular formula is C19H17F2N5O4S. The average molecular weight is 449 g/mol. The number of benzene rings is 2. The molecule has 0 aliphatic carbocycles. The highest BCUT2D eigenvalue weighted by Crippen LogP contribution is 2.30. The van der Waals surface area contributed by atoms with Crippen molar-refractivity contribution in [1.82, 2.24) is 14.8 Å². The number of nitrogens with zero attached hydrogens (tertiary/aromatic N) is 4. The van der Waals surface area contributed by atoms with Crippen molar-refractivity contribution in [2.75, 3.05) is 4.72 Å². The monoisotopic (exact) mass is 449 g/mol. The summed E-state index contributed by atoms with van der Waals surface area (Å²) in [6, 6.07) is 5.72. The van der Waals surface area contributed by atoms with E-state index in [-0.39, 0.29) is 22.0 Å². The number of hydrogen-bond acceptors (Lipinski definition) is 6. The van der Waals surface area contributed by atoms with Crippen molar-refractivity contribution in [1.29, 1.82) is 0 Å². The third kappa shape index (κ3) is 4.10. The fourth-order valence-corrected chi connectivity index (χ4v) is 4.49. The Balaban J connectivity index is 1.70. The van der Waals surface area contributed by atoms with E-state index in [2.05, 4.69) is 14.9 Å². The van der Waals surface area contributed by atoms with Gasteiger partial charge in [0.25, 0.3) is 15.7 Å². The second kappa shape index (κ2) is 8.02. The molecule has 31 heavy (non-hydrogen) atoms. The summed E-state index contributed by atoms with van der Waals surface area (Å²) in [5.74, 6) is -1.10. The SMILES string of the molecule is O=[N+]([O-])c1ccc(S(=O)(=O)Nc2cc(-c3nnc4n3CCCCC4)c(F)cc2F)cc1. The van der Waals surface area contributed by atoms with Gasteiger partial charge < -0.3 is 4.57 Å². The van der Waals surface area contributed by atoms with Crippen LogP contribution in [0.1, 0.15) is 25.1 Å². The van der Waals surface area contributed by atoms with Gasteiger partial charge in [0, 0.05) is 31.2 Å². The van der Waals surface area contributed by atoms with E-state index < -0.39 is 32.3 Å². The van der Waals surface area contributed by atoms with Gasteiger partial charge in [-0.05, 0) is 31.0 Å². The minimum absolute atomic E-state index is 0.0801. The molecule has 12 heteroatoms. The topological polar surface area (TPSA) is 120 Å². The van der Waals surface area contributed by atoms with Crippen LogP contribution in [-0.2, 0) is 23.0 Å². The quantitative estimate of drug-likeness (QED) is 0.469. The van der Waals surface area contributed by atoms with Crippen LogP contribution in [0.15, 0.2) is 41.3 Å². The lowest BCUT2D eigenvalue weighted by Crippen LogP contribution is -2.14. The number of hydrogen-bond donors (Lipinski definition) is 1. The van der Waals surface area contributed by atoms with Crippen molar-refractivity contribution in [2.45, 2.75) is 37.1 Å². The highest BCUT2D eigenvalue weighted by molar-refractivity contribution is 7.92. The van der Waals surface area contributed by atoms with Crippen molar-refractivity contribution < 1.29 is 22.1 Å². The molecule has 0 atom stereocenters.